The van der Waals surface area contributed by atoms with E-state index >= 15 is 0 Å². The third-order valence-electron chi connectivity index (χ3n) is 0.541. The maximum absolute atomic E-state index is 10.3. The summed E-state index contributed by atoms with van der Waals surface area (Å²) in [7, 11) is 1.27. The Bertz CT molecular complexity index is 123. The molecule has 0 saturated heterocycles. The van der Waals surface area contributed by atoms with Crippen LogP contribution in [-0.4, -0.2) is 23.3 Å². The summed E-state index contributed by atoms with van der Waals surface area (Å²) >= 11 is 4.24. The molecule has 0 heterocycles. The fourth-order valence-corrected chi connectivity index (χ4v) is 0.732. The Hall–Kier alpha value is -0.160. The van der Waals surface area contributed by atoms with Crippen molar-refractivity contribution in [1.82, 2.24) is 0 Å². The number of carbonyl (C=O) groups is 2. The Morgan fingerprint density at radius 2 is 2.22 bits per heavy atom. The smallest absolute Gasteiger partial charge is 0.316 e. The van der Waals surface area contributed by atoms with Gasteiger partial charge in [0.1, 0.15) is 0 Å². The zero-order valence-electron chi connectivity index (χ0n) is 4.79. The molecule has 0 aromatic rings. The highest BCUT2D eigenvalue weighted by molar-refractivity contribution is 8.32. The Labute approximate surface area is 62.5 Å². The van der Waals surface area contributed by atoms with Gasteiger partial charge in [0, 0.05) is 0 Å². The van der Waals surface area contributed by atoms with Crippen LogP contribution < -0.4 is 0 Å². The summed E-state index contributed by atoms with van der Waals surface area (Å²) in [4.78, 5) is 20.4. The summed E-state index contributed by atoms with van der Waals surface area (Å²) in [5.41, 5.74) is 0. The van der Waals surface area contributed by atoms with E-state index < -0.39 is 5.97 Å². The second-order valence-corrected chi connectivity index (χ2v) is 2.79. The molecule has 3 nitrogen and oxygen atoms in total. The fourth-order valence-electron chi connectivity index (χ4n) is 0.180. The predicted molar refractivity (Wildman–Crippen MR) is 38.9 cm³/mol. The van der Waals surface area contributed by atoms with Crippen LogP contribution in [0.1, 0.15) is 0 Å². The van der Waals surface area contributed by atoms with Gasteiger partial charge >= 0.3 is 5.97 Å². The monoisotopic (exact) mass is 166 g/mol. The number of hydrogen-bond acceptors (Lipinski definition) is 4. The number of ether oxygens (including phenoxy) is 1. The van der Waals surface area contributed by atoms with E-state index in [-0.39, 0.29) is 10.2 Å². The molecule has 0 rings (SSSR count). The van der Waals surface area contributed by atoms with Crippen LogP contribution in [0.25, 0.3) is 0 Å². The van der Waals surface area contributed by atoms with Crippen molar-refractivity contribution in [3.63, 3.8) is 0 Å². The van der Waals surface area contributed by atoms with Crippen LogP contribution in [0.4, 0.5) is 4.79 Å². The first-order valence-corrected chi connectivity index (χ1v) is 3.52. The van der Waals surface area contributed by atoms with E-state index in [2.05, 4.69) is 17.4 Å². The summed E-state index contributed by atoms with van der Waals surface area (Å²) in [5.74, 6) is -0.374. The van der Waals surface area contributed by atoms with E-state index in [4.69, 9.17) is 0 Å². The third-order valence-corrected chi connectivity index (χ3v) is 1.56. The van der Waals surface area contributed by atoms with Crippen molar-refractivity contribution in [2.45, 2.75) is 0 Å². The molecule has 0 aromatic heterocycles. The van der Waals surface area contributed by atoms with Gasteiger partial charge in [-0.05, 0) is 0 Å². The Morgan fingerprint density at radius 1 is 1.67 bits per heavy atom. The summed E-state index contributed by atoms with van der Waals surface area (Å²) < 4.78 is 3.88. The van der Waals surface area contributed by atoms with Gasteiger partial charge in [-0.2, -0.15) is 0 Å². The second-order valence-electron chi connectivity index (χ2n) is 1.13. The summed E-state index contributed by atoms with van der Waals surface area (Å²) in [6.45, 7) is 0. The molecule has 0 spiro atoms. The first-order valence-electron chi connectivity index (χ1n) is 2.09. The first kappa shape index (κ1) is 8.84. The molecular weight excluding hydrogens is 160 g/mol. The molecule has 0 aliphatic carbocycles. The Kier molecular flexibility index (Phi) is 4.61. The van der Waals surface area contributed by atoms with Crippen molar-refractivity contribution in [3.8, 4) is 0 Å². The molecule has 0 aliphatic rings. The van der Waals surface area contributed by atoms with Gasteiger partial charge in [0.2, 0.25) is 4.45 Å². The van der Waals surface area contributed by atoms with Crippen molar-refractivity contribution in [2.75, 3.05) is 12.9 Å². The van der Waals surface area contributed by atoms with Crippen molar-refractivity contribution >= 4 is 34.8 Å². The van der Waals surface area contributed by atoms with E-state index in [1.165, 1.54) is 7.11 Å². The zero-order valence-corrected chi connectivity index (χ0v) is 6.50. The molecule has 0 aromatic carbocycles. The van der Waals surface area contributed by atoms with Crippen LogP contribution >= 0.6 is 24.4 Å². The molecule has 0 N–H and O–H groups in total. The number of hydrogen-bond donors (Lipinski definition) is 1. The number of rotatable bonds is 2. The molecule has 5 heteroatoms. The molecule has 0 saturated carbocycles. The molecular formula is C4H6O3S2. The lowest BCUT2D eigenvalue weighted by Gasteiger charge is -1.92. The fraction of sp³-hybridized carbons (Fsp3) is 0.500. The largest absolute Gasteiger partial charge is 0.468 e. The molecule has 0 radical (unpaired) electrons. The molecule has 0 fully saturated rings. The average molecular weight is 166 g/mol. The van der Waals surface area contributed by atoms with Crippen LogP contribution in [0.15, 0.2) is 0 Å². The van der Waals surface area contributed by atoms with Crippen molar-refractivity contribution < 1.29 is 14.3 Å². The third kappa shape index (κ3) is 5.72. The number of thiol groups is 1. The Balaban J connectivity index is 3.28. The summed E-state index contributed by atoms with van der Waals surface area (Å²) in [6, 6.07) is 0. The maximum atomic E-state index is 10.3. The highest BCUT2D eigenvalue weighted by Gasteiger charge is 2.02. The molecule has 0 unspecified atom stereocenters. The number of esters is 1. The van der Waals surface area contributed by atoms with E-state index in [9.17, 15) is 9.59 Å². The van der Waals surface area contributed by atoms with Gasteiger partial charge in [0.05, 0.1) is 12.9 Å². The number of methoxy groups -OCH3 is 1. The lowest BCUT2D eigenvalue weighted by atomic mass is 10.8. The quantitative estimate of drug-likeness (QED) is 0.490. The average Bonchev–Trinajstić information content (AvgIpc) is 1.83. The molecule has 0 bridgehead atoms. The van der Waals surface area contributed by atoms with E-state index in [0.29, 0.717) is 0 Å². The number of thioether (sulfide) groups is 1. The van der Waals surface area contributed by atoms with Crippen molar-refractivity contribution in [1.29, 1.82) is 0 Å². The first-order chi connectivity index (χ1) is 4.16. The van der Waals surface area contributed by atoms with Gasteiger partial charge in [0.25, 0.3) is 0 Å². The van der Waals surface area contributed by atoms with Crippen molar-refractivity contribution in [2.24, 2.45) is 0 Å². The minimum atomic E-state index is -0.414. The van der Waals surface area contributed by atoms with E-state index in [0.717, 1.165) is 11.8 Å². The van der Waals surface area contributed by atoms with E-state index in [1.54, 1.807) is 0 Å². The standard InChI is InChI=1S/C4H6O3S2/c1-7-3(5)2-9-4(6)8/h2H2,1H3,(H,6,8). The minimum absolute atomic E-state index is 0.0405. The van der Waals surface area contributed by atoms with Gasteiger partial charge in [-0.25, -0.2) is 0 Å². The van der Waals surface area contributed by atoms with Crippen LogP contribution in [0.5, 0.6) is 0 Å². The van der Waals surface area contributed by atoms with Crippen molar-refractivity contribution in [3.05, 3.63) is 0 Å². The molecule has 0 atom stereocenters. The SMILES string of the molecule is COC(=O)CSC(=O)S. The van der Waals surface area contributed by atoms with Gasteiger partial charge in [0.15, 0.2) is 0 Å². The van der Waals surface area contributed by atoms with Gasteiger partial charge < -0.3 is 4.74 Å². The second kappa shape index (κ2) is 4.69. The van der Waals surface area contributed by atoms with Gasteiger partial charge in [-0.3, -0.25) is 9.59 Å². The van der Waals surface area contributed by atoms with Crippen LogP contribution in [0, 0.1) is 0 Å². The van der Waals surface area contributed by atoms with Crippen LogP contribution in [0.3, 0.4) is 0 Å². The topological polar surface area (TPSA) is 43.4 Å². The van der Waals surface area contributed by atoms with Crippen LogP contribution in [-0.2, 0) is 9.53 Å². The van der Waals surface area contributed by atoms with Gasteiger partial charge in [-0.1, -0.05) is 24.4 Å². The summed E-state index contributed by atoms with van der Waals surface area (Å²) in [6.07, 6.45) is 0. The summed E-state index contributed by atoms with van der Waals surface area (Å²) in [5, 5.41) is 0. The highest BCUT2D eigenvalue weighted by atomic mass is 32.2. The lowest BCUT2D eigenvalue weighted by Crippen LogP contribution is -2.03. The normalized spacial score (nSPS) is 8.67. The molecule has 52 valence electrons. The minimum Gasteiger partial charge on any atom is -0.468 e. The van der Waals surface area contributed by atoms with Crippen LogP contribution in [0.2, 0.25) is 0 Å². The Morgan fingerprint density at radius 3 is 2.56 bits per heavy atom. The highest BCUT2D eigenvalue weighted by Crippen LogP contribution is 2.05. The van der Waals surface area contributed by atoms with Gasteiger partial charge in [-0.15, -0.1) is 0 Å². The maximum Gasteiger partial charge on any atom is 0.316 e. The number of carbonyl (C=O) groups excluding carboxylic acids is 2. The molecule has 0 aliphatic heterocycles. The molecule has 9 heavy (non-hydrogen) atoms. The lowest BCUT2D eigenvalue weighted by molar-refractivity contribution is -0.137. The predicted octanol–water partition coefficient (Wildman–Crippen LogP) is 0.942. The molecule has 0 amide bonds. The zero-order chi connectivity index (χ0) is 7.28. The van der Waals surface area contributed by atoms with E-state index in [1.807, 2.05) is 0 Å².